The van der Waals surface area contributed by atoms with E-state index in [4.69, 9.17) is 5.11 Å². The number of hydrogen-bond acceptors (Lipinski definition) is 3. The Balaban J connectivity index is 1.71. The van der Waals surface area contributed by atoms with Gasteiger partial charge in [0.1, 0.15) is 0 Å². The summed E-state index contributed by atoms with van der Waals surface area (Å²) in [6.45, 7) is 4.50. The Morgan fingerprint density at radius 1 is 1.14 bits per heavy atom. The van der Waals surface area contributed by atoms with E-state index in [-0.39, 0.29) is 18.5 Å². The van der Waals surface area contributed by atoms with Crippen LogP contribution in [0.1, 0.15) is 42.5 Å². The number of amides is 2. The molecule has 2 aromatic rings. The Hall–Kier alpha value is -2.86. The minimum absolute atomic E-state index is 0.0786. The molecule has 1 aliphatic heterocycles. The first-order valence-electron chi connectivity index (χ1n) is 9.76. The van der Waals surface area contributed by atoms with E-state index in [2.05, 4.69) is 29.7 Å². The summed E-state index contributed by atoms with van der Waals surface area (Å²) >= 11 is 0. The highest BCUT2D eigenvalue weighted by Crippen LogP contribution is 2.31. The van der Waals surface area contributed by atoms with Crippen molar-refractivity contribution in [3.05, 3.63) is 65.2 Å². The standard InChI is InChI=1S/C22H27N3O3/c1-2-13-23-14-17-5-10-19(11-6-17)25-20(15-24-22(25)28)18-8-3-16(4-9-18)7-12-21(26)27/h3-6,8-11,20,23H,2,7,12-15H2,1H3,(H,24,28)(H,26,27). The van der Waals surface area contributed by atoms with Gasteiger partial charge in [0.05, 0.1) is 6.04 Å². The number of carboxylic acid groups (broad SMARTS) is 1. The average Bonchev–Trinajstić information content (AvgIpc) is 3.09. The van der Waals surface area contributed by atoms with Crippen LogP contribution >= 0.6 is 0 Å². The molecule has 6 heteroatoms. The van der Waals surface area contributed by atoms with E-state index in [1.807, 2.05) is 36.4 Å². The molecule has 0 spiro atoms. The lowest BCUT2D eigenvalue weighted by molar-refractivity contribution is -0.136. The molecule has 3 N–H and O–H groups in total. The fourth-order valence-corrected chi connectivity index (χ4v) is 3.41. The summed E-state index contributed by atoms with van der Waals surface area (Å²) in [5.74, 6) is -0.797. The molecule has 1 unspecified atom stereocenters. The lowest BCUT2D eigenvalue weighted by Gasteiger charge is -2.24. The molecule has 1 fully saturated rings. The number of aliphatic carboxylic acids is 1. The number of urea groups is 1. The average molecular weight is 381 g/mol. The zero-order chi connectivity index (χ0) is 19.9. The van der Waals surface area contributed by atoms with Crippen LogP contribution in [0, 0.1) is 0 Å². The number of rotatable bonds is 9. The number of anilines is 1. The van der Waals surface area contributed by atoms with Gasteiger partial charge in [-0.1, -0.05) is 43.3 Å². The van der Waals surface area contributed by atoms with Crippen molar-refractivity contribution < 1.29 is 14.7 Å². The molecule has 1 atom stereocenters. The van der Waals surface area contributed by atoms with Crippen LogP contribution in [-0.2, 0) is 17.8 Å². The van der Waals surface area contributed by atoms with E-state index < -0.39 is 5.97 Å². The van der Waals surface area contributed by atoms with Gasteiger partial charge < -0.3 is 15.7 Å². The minimum atomic E-state index is -0.797. The maximum Gasteiger partial charge on any atom is 0.322 e. The lowest BCUT2D eigenvalue weighted by atomic mass is 10.0. The van der Waals surface area contributed by atoms with Gasteiger partial charge in [-0.3, -0.25) is 9.69 Å². The molecule has 3 rings (SSSR count). The Kier molecular flexibility index (Phi) is 6.66. The van der Waals surface area contributed by atoms with E-state index >= 15 is 0 Å². The number of carbonyl (C=O) groups is 2. The van der Waals surface area contributed by atoms with Gasteiger partial charge in [0.25, 0.3) is 0 Å². The molecule has 0 aromatic heterocycles. The molecule has 1 aliphatic rings. The van der Waals surface area contributed by atoms with Crippen molar-refractivity contribution in [1.82, 2.24) is 10.6 Å². The third kappa shape index (κ3) is 4.89. The summed E-state index contributed by atoms with van der Waals surface area (Å²) in [6.07, 6.45) is 1.73. The molecule has 2 amide bonds. The van der Waals surface area contributed by atoms with Gasteiger partial charge in [0, 0.05) is 25.2 Å². The molecular formula is C22H27N3O3. The fourth-order valence-electron chi connectivity index (χ4n) is 3.41. The Morgan fingerprint density at radius 3 is 2.46 bits per heavy atom. The molecule has 28 heavy (non-hydrogen) atoms. The number of hydrogen-bond donors (Lipinski definition) is 3. The molecule has 0 aliphatic carbocycles. The summed E-state index contributed by atoms with van der Waals surface area (Å²) in [6, 6.07) is 15.8. The zero-order valence-corrected chi connectivity index (χ0v) is 16.1. The first-order valence-corrected chi connectivity index (χ1v) is 9.76. The molecule has 2 aromatic carbocycles. The van der Waals surface area contributed by atoms with Crippen molar-refractivity contribution in [2.45, 2.75) is 38.8 Å². The predicted octanol–water partition coefficient (Wildman–Crippen LogP) is 3.47. The van der Waals surface area contributed by atoms with Crippen LogP contribution in [0.2, 0.25) is 0 Å². The monoisotopic (exact) mass is 381 g/mol. The third-order valence-corrected chi connectivity index (χ3v) is 4.94. The second kappa shape index (κ2) is 9.37. The molecule has 0 saturated carbocycles. The van der Waals surface area contributed by atoms with E-state index in [0.717, 1.165) is 36.3 Å². The van der Waals surface area contributed by atoms with Crippen LogP contribution in [0.4, 0.5) is 10.5 Å². The van der Waals surface area contributed by atoms with Gasteiger partial charge in [0.2, 0.25) is 0 Å². The Labute approximate surface area is 165 Å². The first-order chi connectivity index (χ1) is 13.6. The van der Waals surface area contributed by atoms with Gasteiger partial charge in [0.15, 0.2) is 0 Å². The Bertz CT molecular complexity index is 803. The van der Waals surface area contributed by atoms with Gasteiger partial charge in [-0.15, -0.1) is 0 Å². The molecule has 1 heterocycles. The fraction of sp³-hybridized carbons (Fsp3) is 0.364. The maximum absolute atomic E-state index is 12.4. The van der Waals surface area contributed by atoms with Crippen LogP contribution in [0.25, 0.3) is 0 Å². The van der Waals surface area contributed by atoms with Gasteiger partial charge in [-0.25, -0.2) is 4.79 Å². The van der Waals surface area contributed by atoms with E-state index in [0.29, 0.717) is 13.0 Å². The minimum Gasteiger partial charge on any atom is -0.481 e. The SMILES string of the molecule is CCCNCc1ccc(N2C(=O)NCC2c2ccc(CCC(=O)O)cc2)cc1. The number of nitrogens with zero attached hydrogens (tertiary/aromatic N) is 1. The summed E-state index contributed by atoms with van der Waals surface area (Å²) in [4.78, 5) is 24.9. The van der Waals surface area contributed by atoms with Crippen molar-refractivity contribution in [2.24, 2.45) is 0 Å². The first kappa shape index (κ1) is 19.9. The Morgan fingerprint density at radius 2 is 1.82 bits per heavy atom. The van der Waals surface area contributed by atoms with Crippen LogP contribution in [-0.4, -0.2) is 30.2 Å². The van der Waals surface area contributed by atoms with E-state index in [9.17, 15) is 9.59 Å². The number of aryl methyl sites for hydroxylation is 1. The second-order valence-corrected chi connectivity index (χ2v) is 7.05. The van der Waals surface area contributed by atoms with Crippen LogP contribution in [0.15, 0.2) is 48.5 Å². The third-order valence-electron chi connectivity index (χ3n) is 4.94. The zero-order valence-electron chi connectivity index (χ0n) is 16.1. The quantitative estimate of drug-likeness (QED) is 0.581. The predicted molar refractivity (Wildman–Crippen MR) is 109 cm³/mol. The van der Waals surface area contributed by atoms with Crippen LogP contribution < -0.4 is 15.5 Å². The van der Waals surface area contributed by atoms with Gasteiger partial charge >= 0.3 is 12.0 Å². The molecule has 6 nitrogen and oxygen atoms in total. The van der Waals surface area contributed by atoms with Crippen molar-refractivity contribution >= 4 is 17.7 Å². The second-order valence-electron chi connectivity index (χ2n) is 7.05. The highest BCUT2D eigenvalue weighted by atomic mass is 16.4. The van der Waals surface area contributed by atoms with Crippen molar-refractivity contribution in [1.29, 1.82) is 0 Å². The highest BCUT2D eigenvalue weighted by Gasteiger charge is 2.32. The van der Waals surface area contributed by atoms with Crippen molar-refractivity contribution in [2.75, 3.05) is 18.0 Å². The summed E-state index contributed by atoms with van der Waals surface area (Å²) in [5, 5.41) is 15.1. The molecule has 0 bridgehead atoms. The highest BCUT2D eigenvalue weighted by molar-refractivity contribution is 5.95. The molecule has 0 radical (unpaired) electrons. The smallest absolute Gasteiger partial charge is 0.322 e. The maximum atomic E-state index is 12.4. The van der Waals surface area contributed by atoms with E-state index in [1.165, 1.54) is 5.56 Å². The summed E-state index contributed by atoms with van der Waals surface area (Å²) in [5.41, 5.74) is 4.08. The van der Waals surface area contributed by atoms with Crippen LogP contribution in [0.5, 0.6) is 0 Å². The lowest BCUT2D eigenvalue weighted by Crippen LogP contribution is -2.29. The number of carbonyl (C=O) groups excluding carboxylic acids is 1. The largest absolute Gasteiger partial charge is 0.481 e. The van der Waals surface area contributed by atoms with Gasteiger partial charge in [-0.05, 0) is 48.2 Å². The normalized spacial score (nSPS) is 16.2. The van der Waals surface area contributed by atoms with Crippen molar-refractivity contribution in [3.63, 3.8) is 0 Å². The van der Waals surface area contributed by atoms with Crippen molar-refractivity contribution in [3.8, 4) is 0 Å². The molecule has 1 saturated heterocycles. The number of nitrogens with one attached hydrogen (secondary N) is 2. The summed E-state index contributed by atoms with van der Waals surface area (Å²) < 4.78 is 0. The van der Waals surface area contributed by atoms with Gasteiger partial charge in [-0.2, -0.15) is 0 Å². The number of benzene rings is 2. The number of carboxylic acids is 1. The topological polar surface area (TPSA) is 81.7 Å². The molecule has 148 valence electrons. The summed E-state index contributed by atoms with van der Waals surface area (Å²) in [7, 11) is 0. The molecular weight excluding hydrogens is 354 g/mol. The van der Waals surface area contributed by atoms with E-state index in [1.54, 1.807) is 4.90 Å². The van der Waals surface area contributed by atoms with Crippen LogP contribution in [0.3, 0.4) is 0 Å².